The minimum absolute atomic E-state index is 0.0948. The van der Waals surface area contributed by atoms with Gasteiger partial charge in [-0.2, -0.15) is 4.98 Å². The van der Waals surface area contributed by atoms with Gasteiger partial charge in [-0.1, -0.05) is 19.0 Å². The summed E-state index contributed by atoms with van der Waals surface area (Å²) < 4.78 is 10.9. The van der Waals surface area contributed by atoms with E-state index < -0.39 is 0 Å². The van der Waals surface area contributed by atoms with Crippen molar-refractivity contribution in [2.45, 2.75) is 58.1 Å². The Hall–Kier alpha value is -0.940. The number of ether oxygens (including phenoxy) is 1. The number of rotatable bonds is 6. The molecule has 0 saturated heterocycles. The van der Waals surface area contributed by atoms with E-state index in [1.807, 2.05) is 6.92 Å². The van der Waals surface area contributed by atoms with Crippen molar-refractivity contribution in [1.82, 2.24) is 10.1 Å². The van der Waals surface area contributed by atoms with Crippen molar-refractivity contribution in [1.29, 1.82) is 0 Å². The summed E-state index contributed by atoms with van der Waals surface area (Å²) in [4.78, 5) is 4.43. The number of hydrogen-bond acceptors (Lipinski definition) is 5. The predicted octanol–water partition coefficient (Wildman–Crippen LogP) is 2.23. The molecule has 1 atom stereocenters. The van der Waals surface area contributed by atoms with E-state index in [9.17, 15) is 0 Å². The van der Waals surface area contributed by atoms with Gasteiger partial charge in [0, 0.05) is 18.6 Å². The summed E-state index contributed by atoms with van der Waals surface area (Å²) in [5, 5.41) is 4.03. The normalized spacial score (nSPS) is 19.8. The lowest BCUT2D eigenvalue weighted by atomic mass is 9.75. The molecule has 1 fully saturated rings. The maximum absolute atomic E-state index is 6.18. The number of hydrogen-bond donors (Lipinski definition) is 1. The van der Waals surface area contributed by atoms with Crippen LogP contribution in [0.25, 0.3) is 0 Å². The first kappa shape index (κ1) is 13.5. The Bertz CT molecular complexity index is 385. The zero-order chi connectivity index (χ0) is 13.2. The van der Waals surface area contributed by atoms with Crippen LogP contribution in [0.15, 0.2) is 4.52 Å². The molecule has 1 aliphatic rings. The molecular weight excluding hydrogens is 230 g/mol. The van der Waals surface area contributed by atoms with Crippen LogP contribution in [0.5, 0.6) is 0 Å². The van der Waals surface area contributed by atoms with Crippen LogP contribution in [0.2, 0.25) is 0 Å². The first-order valence-electron chi connectivity index (χ1n) is 6.77. The molecule has 1 aromatic rings. The van der Waals surface area contributed by atoms with Gasteiger partial charge in [0.1, 0.15) is 6.10 Å². The minimum Gasteiger partial charge on any atom is -0.370 e. The zero-order valence-electron chi connectivity index (χ0n) is 11.5. The van der Waals surface area contributed by atoms with Crippen molar-refractivity contribution >= 4 is 0 Å². The molecule has 0 amide bonds. The highest BCUT2D eigenvalue weighted by atomic mass is 16.5. The second-order valence-corrected chi connectivity index (χ2v) is 5.56. The summed E-state index contributed by atoms with van der Waals surface area (Å²) in [6, 6.07) is 0. The Balaban J connectivity index is 2.03. The summed E-state index contributed by atoms with van der Waals surface area (Å²) in [5.74, 6) is 1.60. The Morgan fingerprint density at radius 3 is 2.67 bits per heavy atom. The molecule has 1 unspecified atom stereocenters. The third kappa shape index (κ3) is 2.90. The van der Waals surface area contributed by atoms with Crippen molar-refractivity contribution in [3.8, 4) is 0 Å². The molecule has 0 bridgehead atoms. The topological polar surface area (TPSA) is 74.2 Å². The average molecular weight is 253 g/mol. The summed E-state index contributed by atoms with van der Waals surface area (Å²) in [6.45, 7) is 6.80. The SMILES string of the molecule is CCOC(c1noc(CC2(N)CCC2)n1)C(C)C. The van der Waals surface area contributed by atoms with Crippen LogP contribution in [0.4, 0.5) is 0 Å². The quantitative estimate of drug-likeness (QED) is 0.841. The highest BCUT2D eigenvalue weighted by Crippen LogP contribution is 2.32. The second kappa shape index (κ2) is 5.36. The van der Waals surface area contributed by atoms with Crippen molar-refractivity contribution in [3.05, 3.63) is 11.7 Å². The van der Waals surface area contributed by atoms with Crippen molar-refractivity contribution in [2.75, 3.05) is 6.61 Å². The van der Waals surface area contributed by atoms with Crippen LogP contribution in [-0.4, -0.2) is 22.3 Å². The van der Waals surface area contributed by atoms with Gasteiger partial charge in [-0.25, -0.2) is 0 Å². The molecule has 0 spiro atoms. The molecule has 1 aliphatic carbocycles. The largest absolute Gasteiger partial charge is 0.370 e. The van der Waals surface area contributed by atoms with Crippen LogP contribution in [0, 0.1) is 5.92 Å². The van der Waals surface area contributed by atoms with E-state index in [0.717, 1.165) is 12.8 Å². The lowest BCUT2D eigenvalue weighted by Gasteiger charge is -2.36. The fourth-order valence-corrected chi connectivity index (χ4v) is 2.31. The molecular formula is C13H23N3O2. The van der Waals surface area contributed by atoms with Gasteiger partial charge < -0.3 is 15.0 Å². The van der Waals surface area contributed by atoms with Crippen molar-refractivity contribution in [3.63, 3.8) is 0 Å². The lowest BCUT2D eigenvalue weighted by Crippen LogP contribution is -2.48. The van der Waals surface area contributed by atoms with Crippen LogP contribution in [0.1, 0.15) is 57.9 Å². The minimum atomic E-state index is -0.122. The van der Waals surface area contributed by atoms with Gasteiger partial charge in [0.2, 0.25) is 11.7 Å². The third-order valence-electron chi connectivity index (χ3n) is 3.54. The Morgan fingerprint density at radius 1 is 1.44 bits per heavy atom. The average Bonchev–Trinajstić information content (AvgIpc) is 2.71. The lowest BCUT2D eigenvalue weighted by molar-refractivity contribution is 0.0217. The Morgan fingerprint density at radius 2 is 2.17 bits per heavy atom. The highest BCUT2D eigenvalue weighted by molar-refractivity contribution is 5.02. The smallest absolute Gasteiger partial charge is 0.228 e. The van der Waals surface area contributed by atoms with E-state index in [2.05, 4.69) is 24.0 Å². The van der Waals surface area contributed by atoms with E-state index in [-0.39, 0.29) is 11.6 Å². The van der Waals surface area contributed by atoms with E-state index >= 15 is 0 Å². The Kier molecular flexibility index (Phi) is 4.02. The maximum Gasteiger partial charge on any atom is 0.228 e. The molecule has 2 N–H and O–H groups in total. The van der Waals surface area contributed by atoms with Gasteiger partial charge in [0.25, 0.3) is 0 Å². The van der Waals surface area contributed by atoms with Gasteiger partial charge in [0.05, 0.1) is 0 Å². The predicted molar refractivity (Wildman–Crippen MR) is 68.0 cm³/mol. The summed E-state index contributed by atoms with van der Waals surface area (Å²) in [6.07, 6.45) is 3.87. The molecule has 102 valence electrons. The van der Waals surface area contributed by atoms with Crippen molar-refractivity contribution in [2.24, 2.45) is 11.7 Å². The third-order valence-corrected chi connectivity index (χ3v) is 3.54. The standard InChI is InChI=1S/C13H23N3O2/c1-4-17-11(9(2)3)12-15-10(18-16-12)8-13(14)6-5-7-13/h9,11H,4-8,14H2,1-3H3. The molecule has 2 rings (SSSR count). The summed E-state index contributed by atoms with van der Waals surface area (Å²) >= 11 is 0. The molecule has 18 heavy (non-hydrogen) atoms. The second-order valence-electron chi connectivity index (χ2n) is 5.56. The first-order chi connectivity index (χ1) is 8.54. The maximum atomic E-state index is 6.18. The van der Waals surface area contributed by atoms with Gasteiger partial charge in [-0.05, 0) is 32.1 Å². The fourth-order valence-electron chi connectivity index (χ4n) is 2.31. The molecule has 0 aromatic carbocycles. The van der Waals surface area contributed by atoms with Gasteiger partial charge in [-0.15, -0.1) is 0 Å². The highest BCUT2D eigenvalue weighted by Gasteiger charge is 2.35. The van der Waals surface area contributed by atoms with Crippen LogP contribution in [-0.2, 0) is 11.2 Å². The summed E-state index contributed by atoms with van der Waals surface area (Å²) in [5.41, 5.74) is 6.06. The van der Waals surface area contributed by atoms with E-state index in [4.69, 9.17) is 15.0 Å². The molecule has 0 aliphatic heterocycles. The van der Waals surface area contributed by atoms with E-state index in [1.54, 1.807) is 0 Å². The van der Waals surface area contributed by atoms with Crippen molar-refractivity contribution < 1.29 is 9.26 Å². The van der Waals surface area contributed by atoms with Gasteiger partial charge >= 0.3 is 0 Å². The fraction of sp³-hybridized carbons (Fsp3) is 0.846. The first-order valence-corrected chi connectivity index (χ1v) is 6.77. The molecule has 5 nitrogen and oxygen atoms in total. The summed E-state index contributed by atoms with van der Waals surface area (Å²) in [7, 11) is 0. The molecule has 1 heterocycles. The zero-order valence-corrected chi connectivity index (χ0v) is 11.5. The van der Waals surface area contributed by atoms with E-state index in [0.29, 0.717) is 30.7 Å². The van der Waals surface area contributed by atoms with Crippen LogP contribution >= 0.6 is 0 Å². The van der Waals surface area contributed by atoms with Crippen LogP contribution < -0.4 is 5.73 Å². The molecule has 1 aromatic heterocycles. The molecule has 5 heteroatoms. The number of nitrogens with two attached hydrogens (primary N) is 1. The number of aromatic nitrogens is 2. The van der Waals surface area contributed by atoms with Gasteiger partial charge in [0.15, 0.2) is 0 Å². The Labute approximate surface area is 108 Å². The monoisotopic (exact) mass is 253 g/mol. The van der Waals surface area contributed by atoms with Crippen LogP contribution in [0.3, 0.4) is 0 Å². The molecule has 0 radical (unpaired) electrons. The van der Waals surface area contributed by atoms with E-state index in [1.165, 1.54) is 6.42 Å². The number of nitrogens with zero attached hydrogens (tertiary/aromatic N) is 2. The molecule has 1 saturated carbocycles. The van der Waals surface area contributed by atoms with Gasteiger partial charge in [-0.3, -0.25) is 0 Å².